The molecular weight excluding hydrogens is 231 g/mol. The van der Waals surface area contributed by atoms with E-state index in [-0.39, 0.29) is 12.2 Å². The Bertz CT molecular complexity index is 365. The third kappa shape index (κ3) is 3.93. The molecule has 2 N–H and O–H groups in total. The Morgan fingerprint density at radius 3 is 2.47 bits per heavy atom. The van der Waals surface area contributed by atoms with Gasteiger partial charge >= 0.3 is 6.18 Å². The molecule has 0 heterocycles. The predicted molar refractivity (Wildman–Crippen MR) is 59.9 cm³/mol. The van der Waals surface area contributed by atoms with E-state index in [0.29, 0.717) is 0 Å². The van der Waals surface area contributed by atoms with Crippen LogP contribution < -0.4 is 10.5 Å². The smallest absolute Gasteiger partial charge is 0.426 e. The molecule has 0 aliphatic carbocycles. The first-order valence-electron chi connectivity index (χ1n) is 5.40. The molecule has 0 spiro atoms. The van der Waals surface area contributed by atoms with Crippen LogP contribution in [-0.4, -0.2) is 18.3 Å². The Morgan fingerprint density at radius 1 is 1.35 bits per heavy atom. The largest absolute Gasteiger partial charge is 0.479 e. The lowest BCUT2D eigenvalue weighted by Crippen LogP contribution is -2.48. The Kier molecular flexibility index (Phi) is 4.40. The van der Waals surface area contributed by atoms with Gasteiger partial charge in [-0.25, -0.2) is 0 Å². The molecule has 2 nitrogen and oxygen atoms in total. The summed E-state index contributed by atoms with van der Waals surface area (Å²) in [6, 6.07) is 5.43. The third-order valence-electron chi connectivity index (χ3n) is 2.44. The molecule has 1 rings (SSSR count). The van der Waals surface area contributed by atoms with Crippen molar-refractivity contribution in [2.24, 2.45) is 5.73 Å². The number of halogens is 3. The van der Waals surface area contributed by atoms with Crippen LogP contribution >= 0.6 is 0 Å². The molecule has 0 fully saturated rings. The molecule has 1 aromatic carbocycles. The fraction of sp³-hybridized carbons (Fsp3) is 0.500. The van der Waals surface area contributed by atoms with Crippen molar-refractivity contribution in [2.75, 3.05) is 0 Å². The van der Waals surface area contributed by atoms with Gasteiger partial charge in [-0.3, -0.25) is 0 Å². The number of benzene rings is 1. The first-order chi connectivity index (χ1) is 7.84. The Labute approximate surface area is 98.6 Å². The quantitative estimate of drug-likeness (QED) is 0.887. The molecule has 2 atom stereocenters. The zero-order chi connectivity index (χ0) is 13.1. The average molecular weight is 247 g/mol. The van der Waals surface area contributed by atoms with Gasteiger partial charge in [0.1, 0.15) is 5.75 Å². The molecule has 5 heteroatoms. The van der Waals surface area contributed by atoms with Crippen LogP contribution in [0.25, 0.3) is 0 Å². The van der Waals surface area contributed by atoms with E-state index in [2.05, 4.69) is 0 Å². The summed E-state index contributed by atoms with van der Waals surface area (Å²) in [6.45, 7) is 3.39. The van der Waals surface area contributed by atoms with E-state index in [0.717, 1.165) is 5.56 Å². The standard InChI is InChI=1S/C12H16F3NO/c1-3-10(16)11(12(13,14)15)17-9-6-4-5-8(2)7-9/h4-7,10-11H,3,16H2,1-2H3. The topological polar surface area (TPSA) is 35.2 Å². The van der Waals surface area contributed by atoms with E-state index in [9.17, 15) is 13.2 Å². The highest BCUT2D eigenvalue weighted by atomic mass is 19.4. The minimum absolute atomic E-state index is 0.191. The summed E-state index contributed by atoms with van der Waals surface area (Å²) >= 11 is 0. The molecule has 17 heavy (non-hydrogen) atoms. The van der Waals surface area contributed by atoms with Gasteiger partial charge in [0.25, 0.3) is 0 Å². The van der Waals surface area contributed by atoms with Crippen LogP contribution in [0.4, 0.5) is 13.2 Å². The lowest BCUT2D eigenvalue weighted by Gasteiger charge is -2.26. The summed E-state index contributed by atoms with van der Waals surface area (Å²) in [5.41, 5.74) is 6.29. The zero-order valence-corrected chi connectivity index (χ0v) is 9.79. The lowest BCUT2D eigenvalue weighted by atomic mass is 10.1. The van der Waals surface area contributed by atoms with E-state index in [1.54, 1.807) is 32.0 Å². The summed E-state index contributed by atoms with van der Waals surface area (Å²) < 4.78 is 43.2. The second-order valence-corrected chi connectivity index (χ2v) is 3.97. The first-order valence-corrected chi connectivity index (χ1v) is 5.40. The van der Waals surface area contributed by atoms with E-state index >= 15 is 0 Å². The molecule has 2 unspecified atom stereocenters. The maximum Gasteiger partial charge on any atom is 0.426 e. The molecule has 0 amide bonds. The second kappa shape index (κ2) is 5.40. The van der Waals surface area contributed by atoms with Gasteiger partial charge in [-0.05, 0) is 31.0 Å². The number of alkyl halides is 3. The van der Waals surface area contributed by atoms with Crippen molar-refractivity contribution < 1.29 is 17.9 Å². The average Bonchev–Trinajstić information content (AvgIpc) is 2.23. The van der Waals surface area contributed by atoms with Crippen LogP contribution in [0, 0.1) is 6.92 Å². The summed E-state index contributed by atoms with van der Waals surface area (Å²) in [6.07, 6.45) is -6.22. The lowest BCUT2D eigenvalue weighted by molar-refractivity contribution is -0.200. The van der Waals surface area contributed by atoms with E-state index in [4.69, 9.17) is 10.5 Å². The van der Waals surface area contributed by atoms with Gasteiger partial charge in [0.05, 0.1) is 6.04 Å². The van der Waals surface area contributed by atoms with Gasteiger partial charge in [0, 0.05) is 0 Å². The highest BCUT2D eigenvalue weighted by Crippen LogP contribution is 2.28. The second-order valence-electron chi connectivity index (χ2n) is 3.97. The number of aryl methyl sites for hydroxylation is 1. The van der Waals surface area contributed by atoms with E-state index < -0.39 is 18.3 Å². The summed E-state index contributed by atoms with van der Waals surface area (Å²) in [4.78, 5) is 0. The minimum atomic E-state index is -4.46. The number of rotatable bonds is 4. The molecule has 0 saturated heterocycles. The fourth-order valence-electron chi connectivity index (χ4n) is 1.45. The Hall–Kier alpha value is -1.23. The van der Waals surface area contributed by atoms with Crippen LogP contribution in [0.1, 0.15) is 18.9 Å². The molecule has 0 aliphatic heterocycles. The first kappa shape index (κ1) is 13.8. The van der Waals surface area contributed by atoms with Gasteiger partial charge in [-0.15, -0.1) is 0 Å². The summed E-state index contributed by atoms with van der Waals surface area (Å²) in [7, 11) is 0. The van der Waals surface area contributed by atoms with Crippen LogP contribution in [0.5, 0.6) is 5.75 Å². The Balaban J connectivity index is 2.87. The number of ether oxygens (including phenoxy) is 1. The third-order valence-corrected chi connectivity index (χ3v) is 2.44. The fourth-order valence-corrected chi connectivity index (χ4v) is 1.45. The molecule has 1 aromatic rings. The van der Waals surface area contributed by atoms with Crippen molar-refractivity contribution in [1.29, 1.82) is 0 Å². The summed E-state index contributed by atoms with van der Waals surface area (Å²) in [5.74, 6) is 0.191. The van der Waals surface area contributed by atoms with Crippen LogP contribution in [0.15, 0.2) is 24.3 Å². The van der Waals surface area contributed by atoms with Crippen molar-refractivity contribution in [3.8, 4) is 5.75 Å². The van der Waals surface area contributed by atoms with E-state index in [1.807, 2.05) is 0 Å². The van der Waals surface area contributed by atoms with Gasteiger partial charge in [0.15, 0.2) is 0 Å². The highest BCUT2D eigenvalue weighted by Gasteiger charge is 2.45. The predicted octanol–water partition coefficient (Wildman–Crippen LogP) is 3.04. The highest BCUT2D eigenvalue weighted by molar-refractivity contribution is 5.27. The van der Waals surface area contributed by atoms with Crippen molar-refractivity contribution in [1.82, 2.24) is 0 Å². The van der Waals surface area contributed by atoms with Gasteiger partial charge in [0.2, 0.25) is 6.10 Å². The van der Waals surface area contributed by atoms with Crippen molar-refractivity contribution in [3.63, 3.8) is 0 Å². The molecule has 0 aromatic heterocycles. The SMILES string of the molecule is CCC(N)C(Oc1cccc(C)c1)C(F)(F)F. The van der Waals surface area contributed by atoms with Crippen molar-refractivity contribution in [3.05, 3.63) is 29.8 Å². The van der Waals surface area contributed by atoms with Gasteiger partial charge < -0.3 is 10.5 Å². The van der Waals surface area contributed by atoms with Crippen LogP contribution in [0.3, 0.4) is 0 Å². The molecule has 0 radical (unpaired) electrons. The summed E-state index contributed by atoms with van der Waals surface area (Å²) in [5, 5.41) is 0. The number of nitrogens with two attached hydrogens (primary N) is 1. The minimum Gasteiger partial charge on any atom is -0.479 e. The normalized spacial score (nSPS) is 15.4. The monoisotopic (exact) mass is 247 g/mol. The number of hydrogen-bond donors (Lipinski definition) is 1. The molecule has 0 bridgehead atoms. The molecule has 0 saturated carbocycles. The van der Waals surface area contributed by atoms with Crippen molar-refractivity contribution >= 4 is 0 Å². The van der Waals surface area contributed by atoms with Gasteiger partial charge in [-0.1, -0.05) is 19.1 Å². The molecular formula is C12H16F3NO. The van der Waals surface area contributed by atoms with E-state index in [1.165, 1.54) is 6.07 Å². The number of hydrogen-bond acceptors (Lipinski definition) is 2. The maximum atomic E-state index is 12.7. The van der Waals surface area contributed by atoms with Crippen LogP contribution in [0.2, 0.25) is 0 Å². The van der Waals surface area contributed by atoms with Crippen molar-refractivity contribution in [2.45, 2.75) is 38.6 Å². The molecule has 0 aliphatic rings. The van der Waals surface area contributed by atoms with Crippen LogP contribution in [-0.2, 0) is 0 Å². The Morgan fingerprint density at radius 2 is 2.00 bits per heavy atom. The maximum absolute atomic E-state index is 12.7. The molecule has 96 valence electrons. The van der Waals surface area contributed by atoms with Gasteiger partial charge in [-0.2, -0.15) is 13.2 Å². The zero-order valence-electron chi connectivity index (χ0n) is 9.79.